The van der Waals surface area contributed by atoms with E-state index < -0.39 is 0 Å². The lowest BCUT2D eigenvalue weighted by atomic mass is 9.96. The summed E-state index contributed by atoms with van der Waals surface area (Å²) in [4.78, 5) is 2.44. The second-order valence-corrected chi connectivity index (χ2v) is 13.6. The predicted octanol–water partition coefficient (Wildman–Crippen LogP) is 13.9. The highest BCUT2D eigenvalue weighted by molar-refractivity contribution is 7.26. The van der Waals surface area contributed by atoms with Gasteiger partial charge in [-0.15, -0.1) is 11.3 Å². The number of thiophene rings is 1. The molecule has 0 amide bonds. The third-order valence-corrected chi connectivity index (χ3v) is 10.8. The maximum atomic E-state index is 6.58. The number of nitrogens with zero attached hydrogens (tertiary/aromatic N) is 1. The van der Waals surface area contributed by atoms with Gasteiger partial charge in [0, 0.05) is 43.2 Å². The summed E-state index contributed by atoms with van der Waals surface area (Å²) in [5.41, 5.74) is 9.67. The summed E-state index contributed by atoms with van der Waals surface area (Å²) in [5, 5.41) is 7.25. The molecule has 230 valence electrons. The quantitative estimate of drug-likeness (QED) is 0.186. The molecule has 0 fully saturated rings. The van der Waals surface area contributed by atoms with Gasteiger partial charge in [0.05, 0.1) is 10.4 Å². The molecule has 0 N–H and O–H groups in total. The minimum Gasteiger partial charge on any atom is -0.455 e. The van der Waals surface area contributed by atoms with Gasteiger partial charge >= 0.3 is 0 Å². The molecular formula is C46H29NOS. The first-order chi connectivity index (χ1) is 24.3. The molecule has 8 aromatic carbocycles. The molecule has 0 bridgehead atoms. The molecule has 49 heavy (non-hydrogen) atoms. The van der Waals surface area contributed by atoms with Gasteiger partial charge in [-0.1, -0.05) is 127 Å². The Hall–Kier alpha value is -6.16. The Morgan fingerprint density at radius 2 is 1.14 bits per heavy atom. The van der Waals surface area contributed by atoms with E-state index >= 15 is 0 Å². The Balaban J connectivity index is 1.28. The van der Waals surface area contributed by atoms with Gasteiger partial charge in [0.15, 0.2) is 0 Å². The lowest BCUT2D eigenvalue weighted by Crippen LogP contribution is -2.10. The molecule has 0 atom stereocenters. The van der Waals surface area contributed by atoms with Crippen LogP contribution in [0.3, 0.4) is 0 Å². The number of furan rings is 1. The number of fused-ring (bicyclic) bond motifs is 7. The highest BCUT2D eigenvalue weighted by Gasteiger charge is 2.21. The van der Waals surface area contributed by atoms with Gasteiger partial charge in [0.1, 0.15) is 11.2 Å². The summed E-state index contributed by atoms with van der Waals surface area (Å²) >= 11 is 1.86. The molecule has 10 rings (SSSR count). The van der Waals surface area contributed by atoms with Crippen molar-refractivity contribution in [3.8, 4) is 22.3 Å². The van der Waals surface area contributed by atoms with Crippen LogP contribution in [0.2, 0.25) is 0 Å². The lowest BCUT2D eigenvalue weighted by Gasteiger charge is -2.28. The fourth-order valence-electron chi connectivity index (χ4n) is 7.32. The van der Waals surface area contributed by atoms with Crippen molar-refractivity contribution in [3.05, 3.63) is 176 Å². The van der Waals surface area contributed by atoms with E-state index in [4.69, 9.17) is 4.42 Å². The maximum absolute atomic E-state index is 6.58. The number of rotatable bonds is 5. The topological polar surface area (TPSA) is 16.4 Å². The van der Waals surface area contributed by atoms with Crippen LogP contribution in [-0.2, 0) is 0 Å². The van der Waals surface area contributed by atoms with Crippen LogP contribution >= 0.6 is 11.3 Å². The van der Waals surface area contributed by atoms with Crippen LogP contribution < -0.4 is 4.90 Å². The molecule has 0 aliphatic rings. The van der Waals surface area contributed by atoms with E-state index in [1.165, 1.54) is 36.5 Å². The molecule has 2 aromatic heterocycles. The van der Waals surface area contributed by atoms with Crippen LogP contribution in [0.4, 0.5) is 17.1 Å². The molecular weight excluding hydrogens is 615 g/mol. The third kappa shape index (κ3) is 4.62. The van der Waals surface area contributed by atoms with E-state index in [2.05, 4.69) is 175 Å². The van der Waals surface area contributed by atoms with Crippen LogP contribution in [0.15, 0.2) is 180 Å². The lowest BCUT2D eigenvalue weighted by molar-refractivity contribution is 0.670. The zero-order valence-electron chi connectivity index (χ0n) is 26.5. The van der Waals surface area contributed by atoms with E-state index in [-0.39, 0.29) is 0 Å². The van der Waals surface area contributed by atoms with Crippen molar-refractivity contribution in [1.29, 1.82) is 0 Å². The molecule has 2 heterocycles. The third-order valence-electron chi connectivity index (χ3n) is 9.61. The molecule has 2 nitrogen and oxygen atoms in total. The highest BCUT2D eigenvalue weighted by Crippen LogP contribution is 2.47. The zero-order valence-corrected chi connectivity index (χ0v) is 27.3. The normalized spacial score (nSPS) is 11.7. The number of hydrogen-bond donors (Lipinski definition) is 0. The van der Waals surface area contributed by atoms with Crippen molar-refractivity contribution in [2.75, 3.05) is 4.90 Å². The van der Waals surface area contributed by atoms with Crippen molar-refractivity contribution >= 4 is 81.3 Å². The average Bonchev–Trinajstić information content (AvgIpc) is 3.74. The van der Waals surface area contributed by atoms with Crippen molar-refractivity contribution in [1.82, 2.24) is 0 Å². The van der Waals surface area contributed by atoms with E-state index in [1.54, 1.807) is 0 Å². The molecule has 0 spiro atoms. The first-order valence-corrected chi connectivity index (χ1v) is 17.4. The summed E-state index contributed by atoms with van der Waals surface area (Å²) in [7, 11) is 0. The summed E-state index contributed by atoms with van der Waals surface area (Å²) in [5.74, 6) is 0. The van der Waals surface area contributed by atoms with Crippen LogP contribution in [-0.4, -0.2) is 0 Å². The van der Waals surface area contributed by atoms with Gasteiger partial charge in [-0.05, 0) is 76.0 Å². The van der Waals surface area contributed by atoms with Crippen LogP contribution in [0.5, 0.6) is 0 Å². The molecule has 0 saturated carbocycles. The molecule has 0 saturated heterocycles. The first kappa shape index (κ1) is 27.9. The zero-order chi connectivity index (χ0) is 32.3. The first-order valence-electron chi connectivity index (χ1n) is 16.6. The van der Waals surface area contributed by atoms with Gasteiger partial charge in [-0.2, -0.15) is 0 Å². The minimum atomic E-state index is 0.901. The molecule has 0 radical (unpaired) electrons. The number of benzene rings is 8. The molecule has 0 unspecified atom stereocenters. The summed E-state index contributed by atoms with van der Waals surface area (Å²) in [6.45, 7) is 0. The van der Waals surface area contributed by atoms with Crippen molar-refractivity contribution in [2.45, 2.75) is 0 Å². The van der Waals surface area contributed by atoms with E-state index in [0.717, 1.165) is 55.7 Å². The minimum absolute atomic E-state index is 0.901. The molecule has 3 heteroatoms. The van der Waals surface area contributed by atoms with Crippen molar-refractivity contribution in [3.63, 3.8) is 0 Å². The number of hydrogen-bond acceptors (Lipinski definition) is 3. The fraction of sp³-hybridized carbons (Fsp3) is 0. The average molecular weight is 644 g/mol. The van der Waals surface area contributed by atoms with E-state index in [0.29, 0.717) is 0 Å². The smallest absolute Gasteiger partial charge is 0.143 e. The Labute approximate surface area is 287 Å². The van der Waals surface area contributed by atoms with E-state index in [9.17, 15) is 0 Å². The Kier molecular flexibility index (Phi) is 6.39. The van der Waals surface area contributed by atoms with E-state index in [1.807, 2.05) is 17.4 Å². The maximum Gasteiger partial charge on any atom is 0.143 e. The van der Waals surface area contributed by atoms with Gasteiger partial charge in [0.25, 0.3) is 0 Å². The largest absolute Gasteiger partial charge is 0.455 e. The number of anilines is 3. The van der Waals surface area contributed by atoms with Gasteiger partial charge in [-0.3, -0.25) is 0 Å². The summed E-state index contributed by atoms with van der Waals surface area (Å²) in [6.07, 6.45) is 0. The monoisotopic (exact) mass is 643 g/mol. The SMILES string of the molecule is c1ccc(-c2cc(-c3cccc4c3oc3ccccc34)cc(N(c3ccc4ccccc4c3)c3cccc4c3sc3ccccc34)c2)cc1. The second kappa shape index (κ2) is 11.2. The Bertz CT molecular complexity index is 2840. The van der Waals surface area contributed by atoms with Crippen molar-refractivity contribution < 1.29 is 4.42 Å². The van der Waals surface area contributed by atoms with Gasteiger partial charge in [0.2, 0.25) is 0 Å². The fourth-order valence-corrected chi connectivity index (χ4v) is 8.53. The Morgan fingerprint density at radius 3 is 2.06 bits per heavy atom. The second-order valence-electron chi connectivity index (χ2n) is 12.5. The van der Waals surface area contributed by atoms with Gasteiger partial charge < -0.3 is 9.32 Å². The standard InChI is InChI=1S/C46H29NOS/c1-2-12-30(13-3-1)33-26-34(37-18-10-19-40-38-16-6-8-22-43(38)48-45(37)40)29-36(28-33)47(35-25-24-31-14-4-5-15-32(31)27-35)42-21-11-20-41-39-17-7-9-23-44(39)49-46(41)42/h1-29H. The predicted molar refractivity (Wildman–Crippen MR) is 210 cm³/mol. The summed E-state index contributed by atoms with van der Waals surface area (Å²) in [6, 6.07) is 63.3. The molecule has 0 aliphatic heterocycles. The summed E-state index contributed by atoms with van der Waals surface area (Å²) < 4.78 is 9.14. The van der Waals surface area contributed by atoms with Crippen LogP contribution in [0.1, 0.15) is 0 Å². The number of para-hydroxylation sites is 2. The van der Waals surface area contributed by atoms with Crippen LogP contribution in [0.25, 0.3) is 75.1 Å². The highest BCUT2D eigenvalue weighted by atomic mass is 32.1. The van der Waals surface area contributed by atoms with Crippen molar-refractivity contribution in [2.24, 2.45) is 0 Å². The Morgan fingerprint density at radius 1 is 0.429 bits per heavy atom. The van der Waals surface area contributed by atoms with Crippen LogP contribution in [0, 0.1) is 0 Å². The molecule has 10 aromatic rings. The molecule has 0 aliphatic carbocycles. The van der Waals surface area contributed by atoms with Gasteiger partial charge in [-0.25, -0.2) is 0 Å².